The average Bonchev–Trinajstić information content (AvgIpc) is 2.45. The Morgan fingerprint density at radius 2 is 2.00 bits per heavy atom. The monoisotopic (exact) mass is 353 g/mol. The Labute approximate surface area is 132 Å². The predicted octanol–water partition coefficient (Wildman–Crippen LogP) is 4.20. The van der Waals surface area contributed by atoms with Crippen molar-refractivity contribution in [1.29, 1.82) is 0 Å². The summed E-state index contributed by atoms with van der Waals surface area (Å²) in [6.45, 7) is 2.00. The van der Waals surface area contributed by atoms with Crippen molar-refractivity contribution < 1.29 is 13.9 Å². The van der Waals surface area contributed by atoms with Crippen LogP contribution < -0.4 is 15.2 Å². The molecule has 2 aromatic carbocycles. The van der Waals surface area contributed by atoms with Gasteiger partial charge in [-0.25, -0.2) is 4.39 Å². The van der Waals surface area contributed by atoms with E-state index in [1.807, 2.05) is 19.1 Å². The van der Waals surface area contributed by atoms with E-state index in [4.69, 9.17) is 15.2 Å². The molecule has 0 amide bonds. The van der Waals surface area contributed by atoms with E-state index in [1.54, 1.807) is 25.3 Å². The summed E-state index contributed by atoms with van der Waals surface area (Å²) in [5.74, 6) is 0.965. The zero-order valence-corrected chi connectivity index (χ0v) is 13.5. The highest BCUT2D eigenvalue weighted by Gasteiger charge is 2.11. The summed E-state index contributed by atoms with van der Waals surface area (Å²) < 4.78 is 25.4. The largest absolute Gasteiger partial charge is 0.497 e. The highest BCUT2D eigenvalue weighted by Crippen LogP contribution is 2.29. The molecule has 0 saturated carbocycles. The Balaban J connectivity index is 2.22. The number of halogens is 2. The Hall–Kier alpha value is -1.59. The molecule has 0 fully saturated rings. The van der Waals surface area contributed by atoms with Gasteiger partial charge in [0.25, 0.3) is 0 Å². The number of methoxy groups -OCH3 is 1. The second-order valence-electron chi connectivity index (χ2n) is 4.72. The van der Waals surface area contributed by atoms with Gasteiger partial charge in [-0.15, -0.1) is 0 Å². The third-order valence-corrected chi connectivity index (χ3v) is 3.60. The molecule has 0 saturated heterocycles. The van der Waals surface area contributed by atoms with E-state index in [1.165, 1.54) is 6.07 Å². The molecule has 2 rings (SSSR count). The van der Waals surface area contributed by atoms with Crippen molar-refractivity contribution in [2.45, 2.75) is 19.6 Å². The minimum atomic E-state index is -0.311. The van der Waals surface area contributed by atoms with Crippen LogP contribution >= 0.6 is 15.9 Å². The minimum Gasteiger partial charge on any atom is -0.497 e. The van der Waals surface area contributed by atoms with E-state index < -0.39 is 0 Å². The summed E-state index contributed by atoms with van der Waals surface area (Å²) in [4.78, 5) is 0. The number of hydrogen-bond donors (Lipinski definition) is 1. The van der Waals surface area contributed by atoms with Gasteiger partial charge in [0.2, 0.25) is 0 Å². The molecule has 0 aliphatic heterocycles. The zero-order valence-electron chi connectivity index (χ0n) is 11.9. The van der Waals surface area contributed by atoms with Gasteiger partial charge in [-0.2, -0.15) is 0 Å². The van der Waals surface area contributed by atoms with Gasteiger partial charge in [-0.05, 0) is 25.1 Å². The van der Waals surface area contributed by atoms with Crippen LogP contribution in [0.2, 0.25) is 0 Å². The number of nitrogens with two attached hydrogens (primary N) is 1. The molecule has 2 aromatic rings. The van der Waals surface area contributed by atoms with Gasteiger partial charge < -0.3 is 15.2 Å². The summed E-state index contributed by atoms with van der Waals surface area (Å²) in [5, 5.41) is 0. The lowest BCUT2D eigenvalue weighted by Crippen LogP contribution is -2.08. The molecule has 0 radical (unpaired) electrons. The molecule has 2 N–H and O–H groups in total. The summed E-state index contributed by atoms with van der Waals surface area (Å²) in [6, 6.07) is 10.1. The third-order valence-electron chi connectivity index (χ3n) is 3.11. The van der Waals surface area contributed by atoms with Gasteiger partial charge in [0.1, 0.15) is 23.9 Å². The maximum atomic E-state index is 13.8. The lowest BCUT2D eigenvalue weighted by atomic mass is 10.1. The standard InChI is InChI=1S/C16H17BrFNO2/c1-10(19)14-6-5-13(20-2)8-16(14)21-9-11-3-4-12(17)7-15(11)18/h3-8,10H,9,19H2,1-2H3. The number of hydrogen-bond acceptors (Lipinski definition) is 3. The second kappa shape index (κ2) is 6.91. The van der Waals surface area contributed by atoms with Crippen molar-refractivity contribution >= 4 is 15.9 Å². The van der Waals surface area contributed by atoms with Gasteiger partial charge in [0.05, 0.1) is 7.11 Å². The minimum absolute atomic E-state index is 0.131. The topological polar surface area (TPSA) is 44.5 Å². The average molecular weight is 354 g/mol. The first-order chi connectivity index (χ1) is 10.0. The third kappa shape index (κ3) is 3.95. The molecule has 0 aromatic heterocycles. The van der Waals surface area contributed by atoms with Crippen molar-refractivity contribution in [1.82, 2.24) is 0 Å². The Kier molecular flexibility index (Phi) is 5.20. The van der Waals surface area contributed by atoms with Crippen LogP contribution in [0.4, 0.5) is 4.39 Å². The van der Waals surface area contributed by atoms with Crippen LogP contribution in [0.15, 0.2) is 40.9 Å². The fourth-order valence-corrected chi connectivity index (χ4v) is 2.27. The fraction of sp³-hybridized carbons (Fsp3) is 0.250. The molecule has 1 atom stereocenters. The Morgan fingerprint density at radius 1 is 1.24 bits per heavy atom. The lowest BCUT2D eigenvalue weighted by Gasteiger charge is -2.15. The first kappa shape index (κ1) is 15.8. The van der Waals surface area contributed by atoms with Gasteiger partial charge in [-0.3, -0.25) is 0 Å². The van der Waals surface area contributed by atoms with E-state index in [0.717, 1.165) is 5.56 Å². The summed E-state index contributed by atoms with van der Waals surface area (Å²) in [5.41, 5.74) is 7.26. The van der Waals surface area contributed by atoms with E-state index in [-0.39, 0.29) is 18.5 Å². The molecule has 0 heterocycles. The van der Waals surface area contributed by atoms with Gasteiger partial charge in [0.15, 0.2) is 0 Å². The summed E-state index contributed by atoms with van der Waals surface area (Å²) in [6.07, 6.45) is 0. The molecule has 0 aliphatic rings. The van der Waals surface area contributed by atoms with E-state index in [0.29, 0.717) is 21.5 Å². The summed E-state index contributed by atoms with van der Waals surface area (Å²) >= 11 is 3.23. The molecule has 0 bridgehead atoms. The predicted molar refractivity (Wildman–Crippen MR) is 84.0 cm³/mol. The number of ether oxygens (including phenoxy) is 2. The fourth-order valence-electron chi connectivity index (χ4n) is 1.94. The Bertz CT molecular complexity index is 632. The molecule has 1 unspecified atom stereocenters. The normalized spacial score (nSPS) is 12.0. The smallest absolute Gasteiger partial charge is 0.130 e. The molecular formula is C16H17BrFNO2. The second-order valence-corrected chi connectivity index (χ2v) is 5.63. The molecule has 0 spiro atoms. The quantitative estimate of drug-likeness (QED) is 0.876. The van der Waals surface area contributed by atoms with E-state index in [9.17, 15) is 4.39 Å². The molecular weight excluding hydrogens is 337 g/mol. The van der Waals surface area contributed by atoms with Gasteiger partial charge >= 0.3 is 0 Å². The van der Waals surface area contributed by atoms with Crippen LogP contribution in [0, 0.1) is 5.82 Å². The van der Waals surface area contributed by atoms with Crippen molar-refractivity contribution in [3.05, 3.63) is 57.8 Å². The molecule has 0 aliphatic carbocycles. The van der Waals surface area contributed by atoms with E-state index in [2.05, 4.69) is 15.9 Å². The summed E-state index contributed by atoms with van der Waals surface area (Å²) in [7, 11) is 1.58. The van der Waals surface area contributed by atoms with Crippen LogP contribution in [-0.2, 0) is 6.61 Å². The maximum absolute atomic E-state index is 13.8. The van der Waals surface area contributed by atoms with Crippen LogP contribution in [0.1, 0.15) is 24.1 Å². The van der Waals surface area contributed by atoms with E-state index >= 15 is 0 Å². The molecule has 5 heteroatoms. The van der Waals surface area contributed by atoms with Crippen molar-refractivity contribution in [3.63, 3.8) is 0 Å². The first-order valence-corrected chi connectivity index (χ1v) is 7.31. The zero-order chi connectivity index (χ0) is 15.4. The van der Waals surface area contributed by atoms with Crippen molar-refractivity contribution in [2.75, 3.05) is 7.11 Å². The Morgan fingerprint density at radius 3 is 2.62 bits per heavy atom. The van der Waals surface area contributed by atoms with Crippen LogP contribution in [0.5, 0.6) is 11.5 Å². The van der Waals surface area contributed by atoms with Crippen LogP contribution in [0.25, 0.3) is 0 Å². The lowest BCUT2D eigenvalue weighted by molar-refractivity contribution is 0.293. The maximum Gasteiger partial charge on any atom is 0.130 e. The SMILES string of the molecule is COc1ccc(C(C)N)c(OCc2ccc(Br)cc2F)c1. The molecule has 21 heavy (non-hydrogen) atoms. The highest BCUT2D eigenvalue weighted by molar-refractivity contribution is 9.10. The van der Waals surface area contributed by atoms with Crippen molar-refractivity contribution in [2.24, 2.45) is 5.73 Å². The van der Waals surface area contributed by atoms with Crippen LogP contribution in [0.3, 0.4) is 0 Å². The van der Waals surface area contributed by atoms with Crippen molar-refractivity contribution in [3.8, 4) is 11.5 Å². The number of rotatable bonds is 5. The van der Waals surface area contributed by atoms with Crippen LogP contribution in [-0.4, -0.2) is 7.11 Å². The van der Waals surface area contributed by atoms with Gasteiger partial charge in [0, 0.05) is 27.7 Å². The molecule has 112 valence electrons. The molecule has 3 nitrogen and oxygen atoms in total. The highest BCUT2D eigenvalue weighted by atomic mass is 79.9. The number of benzene rings is 2. The van der Waals surface area contributed by atoms with Gasteiger partial charge in [-0.1, -0.05) is 28.1 Å². The first-order valence-electron chi connectivity index (χ1n) is 6.51.